The quantitative estimate of drug-likeness (QED) is 0.621. The highest BCUT2D eigenvalue weighted by Crippen LogP contribution is 2.31. The highest BCUT2D eigenvalue weighted by Gasteiger charge is 2.18. The van der Waals surface area contributed by atoms with E-state index in [1.165, 1.54) is 30.6 Å². The molecule has 6 nitrogen and oxygen atoms in total. The summed E-state index contributed by atoms with van der Waals surface area (Å²) >= 11 is 1.38. The summed E-state index contributed by atoms with van der Waals surface area (Å²) in [7, 11) is -2.03. The maximum atomic E-state index is 12.4. The number of nitrogens with one attached hydrogen (secondary N) is 1. The number of hydrogen-bond donors (Lipinski definition) is 1. The molecule has 0 bridgehead atoms. The van der Waals surface area contributed by atoms with Gasteiger partial charge in [0, 0.05) is 6.42 Å². The zero-order chi connectivity index (χ0) is 20.3. The first kappa shape index (κ1) is 20.3. The largest absolute Gasteiger partial charge is 0.497 e. The fraction of sp³-hybridized carbons (Fsp3) is 0.300. The summed E-state index contributed by atoms with van der Waals surface area (Å²) in [4.78, 5) is 16.9. The van der Waals surface area contributed by atoms with Gasteiger partial charge in [0.2, 0.25) is 5.91 Å². The van der Waals surface area contributed by atoms with E-state index in [1.54, 1.807) is 12.1 Å². The summed E-state index contributed by atoms with van der Waals surface area (Å²) in [5.41, 5.74) is 2.00. The molecule has 1 N–H and O–H groups in total. The van der Waals surface area contributed by atoms with E-state index < -0.39 is 9.84 Å². The number of benzene rings is 2. The number of amides is 1. The van der Waals surface area contributed by atoms with Gasteiger partial charge in [-0.15, -0.1) is 0 Å². The summed E-state index contributed by atoms with van der Waals surface area (Å²) in [6.07, 6.45) is -0.138. The van der Waals surface area contributed by atoms with Gasteiger partial charge in [0.1, 0.15) is 5.75 Å². The van der Waals surface area contributed by atoms with E-state index in [0.717, 1.165) is 15.8 Å². The minimum atomic E-state index is -3.55. The Morgan fingerprint density at radius 2 is 1.89 bits per heavy atom. The van der Waals surface area contributed by atoms with Gasteiger partial charge in [0.05, 0.1) is 28.0 Å². The van der Waals surface area contributed by atoms with Gasteiger partial charge >= 0.3 is 0 Å². The van der Waals surface area contributed by atoms with Crippen LogP contribution in [-0.4, -0.2) is 32.2 Å². The van der Waals surface area contributed by atoms with Crippen LogP contribution in [0.15, 0.2) is 47.4 Å². The van der Waals surface area contributed by atoms with Crippen molar-refractivity contribution in [1.29, 1.82) is 0 Å². The van der Waals surface area contributed by atoms with Crippen molar-refractivity contribution in [2.24, 2.45) is 0 Å². The topological polar surface area (TPSA) is 85.4 Å². The van der Waals surface area contributed by atoms with Crippen LogP contribution in [-0.2, 0) is 14.6 Å². The standard InChI is InChI=1S/C20H22N2O4S2/c1-13(2)16-5-4-6-17-19(16)22-20(27-17)21-18(23)11-12-28(24,25)15-9-7-14(26-3)8-10-15/h4-10,13H,11-12H2,1-3H3,(H,21,22,23). The molecule has 0 spiro atoms. The number of carbonyl (C=O) groups excluding carboxylic acids is 1. The molecule has 2 aromatic carbocycles. The molecule has 8 heteroatoms. The molecule has 1 aromatic heterocycles. The number of nitrogens with zero attached hydrogens (tertiary/aromatic N) is 1. The van der Waals surface area contributed by atoms with Crippen molar-refractivity contribution in [3.05, 3.63) is 48.0 Å². The summed E-state index contributed by atoms with van der Waals surface area (Å²) in [5.74, 6) is 0.257. The smallest absolute Gasteiger partial charge is 0.227 e. The third-order valence-corrected chi connectivity index (χ3v) is 7.00. The first-order valence-corrected chi connectivity index (χ1v) is 11.3. The van der Waals surface area contributed by atoms with E-state index in [9.17, 15) is 13.2 Å². The first-order chi connectivity index (χ1) is 13.3. The molecule has 0 unspecified atom stereocenters. The minimum absolute atomic E-state index is 0.138. The van der Waals surface area contributed by atoms with Crippen molar-refractivity contribution in [3.8, 4) is 5.75 Å². The molecule has 3 rings (SSSR count). The predicted molar refractivity (Wildman–Crippen MR) is 112 cm³/mol. The molecular weight excluding hydrogens is 396 g/mol. The number of aromatic nitrogens is 1. The fourth-order valence-electron chi connectivity index (χ4n) is 2.80. The maximum absolute atomic E-state index is 12.4. The lowest BCUT2D eigenvalue weighted by molar-refractivity contribution is -0.115. The van der Waals surface area contributed by atoms with Crippen LogP contribution in [0.5, 0.6) is 5.75 Å². The SMILES string of the molecule is COc1ccc(S(=O)(=O)CCC(=O)Nc2nc3c(C(C)C)cccc3s2)cc1. The van der Waals surface area contributed by atoms with Crippen LogP contribution in [0.2, 0.25) is 0 Å². The van der Waals surface area contributed by atoms with E-state index in [0.29, 0.717) is 16.8 Å². The second kappa shape index (κ2) is 8.28. The van der Waals surface area contributed by atoms with Crippen molar-refractivity contribution in [2.75, 3.05) is 18.2 Å². The van der Waals surface area contributed by atoms with Crippen molar-refractivity contribution in [1.82, 2.24) is 4.98 Å². The third-order valence-electron chi connectivity index (χ3n) is 4.33. The average Bonchev–Trinajstić information content (AvgIpc) is 3.08. The third kappa shape index (κ3) is 4.51. The molecular formula is C20H22N2O4S2. The van der Waals surface area contributed by atoms with E-state index in [4.69, 9.17) is 4.74 Å². The Balaban J connectivity index is 1.67. The van der Waals surface area contributed by atoms with E-state index in [2.05, 4.69) is 24.1 Å². The van der Waals surface area contributed by atoms with E-state index in [1.807, 2.05) is 18.2 Å². The number of carbonyl (C=O) groups is 1. The van der Waals surface area contributed by atoms with Crippen LogP contribution in [0.1, 0.15) is 31.7 Å². The molecule has 0 fully saturated rings. The van der Waals surface area contributed by atoms with Gasteiger partial charge < -0.3 is 10.1 Å². The molecule has 0 atom stereocenters. The predicted octanol–water partition coefficient (Wildman–Crippen LogP) is 4.23. The molecule has 0 saturated carbocycles. The van der Waals surface area contributed by atoms with Gasteiger partial charge in [-0.2, -0.15) is 0 Å². The molecule has 3 aromatic rings. The lowest BCUT2D eigenvalue weighted by Crippen LogP contribution is -2.17. The Hall–Kier alpha value is -2.45. The molecule has 0 saturated heterocycles. The zero-order valence-corrected chi connectivity index (χ0v) is 17.6. The van der Waals surface area contributed by atoms with Gasteiger partial charge in [-0.3, -0.25) is 4.79 Å². The highest BCUT2D eigenvalue weighted by atomic mass is 32.2. The average molecular weight is 419 g/mol. The first-order valence-electron chi connectivity index (χ1n) is 8.86. The van der Waals surface area contributed by atoms with Gasteiger partial charge in [-0.25, -0.2) is 13.4 Å². The van der Waals surface area contributed by atoms with Crippen molar-refractivity contribution >= 4 is 42.4 Å². The number of hydrogen-bond acceptors (Lipinski definition) is 6. The van der Waals surface area contributed by atoms with Gasteiger partial charge in [-0.1, -0.05) is 37.3 Å². The van der Waals surface area contributed by atoms with Crippen LogP contribution in [0.25, 0.3) is 10.2 Å². The number of fused-ring (bicyclic) bond motifs is 1. The molecule has 0 aliphatic carbocycles. The highest BCUT2D eigenvalue weighted by molar-refractivity contribution is 7.91. The van der Waals surface area contributed by atoms with Crippen LogP contribution in [0.4, 0.5) is 5.13 Å². The van der Waals surface area contributed by atoms with Crippen LogP contribution < -0.4 is 10.1 Å². The monoisotopic (exact) mass is 418 g/mol. The van der Waals surface area contributed by atoms with Crippen molar-refractivity contribution < 1.29 is 17.9 Å². The maximum Gasteiger partial charge on any atom is 0.227 e. The van der Waals surface area contributed by atoms with Crippen molar-refractivity contribution in [3.63, 3.8) is 0 Å². The Bertz CT molecular complexity index is 1090. The minimum Gasteiger partial charge on any atom is -0.497 e. The van der Waals surface area contributed by atoms with Gasteiger partial charge in [0.15, 0.2) is 15.0 Å². The summed E-state index contributed by atoms with van der Waals surface area (Å²) in [6, 6.07) is 12.1. The Morgan fingerprint density at radius 1 is 1.18 bits per heavy atom. The molecule has 0 aliphatic heterocycles. The summed E-state index contributed by atoms with van der Waals surface area (Å²) < 4.78 is 30.9. The molecule has 1 heterocycles. The lowest BCUT2D eigenvalue weighted by atomic mass is 10.0. The number of rotatable bonds is 7. The van der Waals surface area contributed by atoms with E-state index >= 15 is 0 Å². The Kier molecular flexibility index (Phi) is 6.00. The lowest BCUT2D eigenvalue weighted by Gasteiger charge is -2.06. The summed E-state index contributed by atoms with van der Waals surface area (Å²) in [5, 5.41) is 3.21. The number of para-hydroxylation sites is 1. The molecule has 0 aliphatic rings. The van der Waals surface area contributed by atoms with Crippen molar-refractivity contribution in [2.45, 2.75) is 31.1 Å². The van der Waals surface area contributed by atoms with Crippen LogP contribution in [0.3, 0.4) is 0 Å². The van der Waals surface area contributed by atoms with Gasteiger partial charge in [0.25, 0.3) is 0 Å². The van der Waals surface area contributed by atoms with Gasteiger partial charge in [-0.05, 0) is 41.8 Å². The molecule has 1 amide bonds. The van der Waals surface area contributed by atoms with Crippen LogP contribution in [0, 0.1) is 0 Å². The fourth-order valence-corrected chi connectivity index (χ4v) is 4.96. The zero-order valence-electron chi connectivity index (χ0n) is 15.9. The molecule has 0 radical (unpaired) electrons. The number of sulfone groups is 1. The number of methoxy groups -OCH3 is 1. The summed E-state index contributed by atoms with van der Waals surface area (Å²) in [6.45, 7) is 4.19. The van der Waals surface area contributed by atoms with Crippen LogP contribution >= 0.6 is 11.3 Å². The Morgan fingerprint density at radius 3 is 2.54 bits per heavy atom. The number of ether oxygens (including phenoxy) is 1. The normalized spacial score (nSPS) is 11.7. The number of anilines is 1. The Labute approximate surface area is 168 Å². The molecule has 148 valence electrons. The molecule has 28 heavy (non-hydrogen) atoms. The second-order valence-corrected chi connectivity index (χ2v) is 9.80. The van der Waals surface area contributed by atoms with E-state index in [-0.39, 0.29) is 23.0 Å². The number of thiazole rings is 1. The second-order valence-electron chi connectivity index (χ2n) is 6.66.